The van der Waals surface area contributed by atoms with E-state index in [0.717, 1.165) is 57.3 Å². The summed E-state index contributed by atoms with van der Waals surface area (Å²) in [7, 11) is 0. The number of anilines is 1. The van der Waals surface area contributed by atoms with Gasteiger partial charge in [0.2, 0.25) is 0 Å². The largest absolute Gasteiger partial charge is 0.480 e. The number of aromatic nitrogens is 1. The van der Waals surface area contributed by atoms with Gasteiger partial charge in [0.1, 0.15) is 11.9 Å². The van der Waals surface area contributed by atoms with Crippen molar-refractivity contribution in [3.8, 4) is 0 Å². The van der Waals surface area contributed by atoms with Gasteiger partial charge >= 0.3 is 5.97 Å². The summed E-state index contributed by atoms with van der Waals surface area (Å²) >= 11 is 0. The van der Waals surface area contributed by atoms with Crippen molar-refractivity contribution in [3.05, 3.63) is 23.4 Å². The minimum atomic E-state index is -0.896. The van der Waals surface area contributed by atoms with Gasteiger partial charge in [-0.05, 0) is 43.7 Å². The summed E-state index contributed by atoms with van der Waals surface area (Å²) in [4.78, 5) is 15.3. The van der Waals surface area contributed by atoms with Gasteiger partial charge in [-0.15, -0.1) is 0 Å². The monoisotopic (exact) mass is 305 g/mol. The molecular formula is C17H27N3O2. The predicted molar refractivity (Wildman–Crippen MR) is 88.1 cm³/mol. The molecule has 4 N–H and O–H groups in total. The number of nitrogens with one attached hydrogen (secondary N) is 1. The number of unbranched alkanes of at least 4 members (excludes halogenated alkanes) is 4. The van der Waals surface area contributed by atoms with Gasteiger partial charge in [-0.1, -0.05) is 31.7 Å². The van der Waals surface area contributed by atoms with E-state index in [0.29, 0.717) is 6.42 Å². The first kappa shape index (κ1) is 16.7. The molecule has 0 bridgehead atoms. The van der Waals surface area contributed by atoms with Crippen molar-refractivity contribution in [2.24, 2.45) is 5.73 Å². The second kappa shape index (κ2) is 8.73. The summed E-state index contributed by atoms with van der Waals surface area (Å²) in [5.74, 6) is 0.179. The van der Waals surface area contributed by atoms with Crippen LogP contribution in [0, 0.1) is 0 Å². The molecule has 1 aliphatic rings. The van der Waals surface area contributed by atoms with Gasteiger partial charge in [0, 0.05) is 12.2 Å². The molecule has 0 aliphatic carbocycles. The minimum absolute atomic E-state index is 0.577. The van der Waals surface area contributed by atoms with Crippen LogP contribution in [0.4, 0.5) is 5.82 Å². The van der Waals surface area contributed by atoms with Crippen LogP contribution in [-0.4, -0.2) is 28.6 Å². The van der Waals surface area contributed by atoms with E-state index in [-0.39, 0.29) is 0 Å². The Morgan fingerprint density at radius 3 is 2.86 bits per heavy atom. The smallest absolute Gasteiger partial charge is 0.320 e. The number of hydrogen-bond acceptors (Lipinski definition) is 4. The molecule has 2 rings (SSSR count). The van der Waals surface area contributed by atoms with Gasteiger partial charge in [0.05, 0.1) is 0 Å². The number of carboxylic acids is 1. The summed E-state index contributed by atoms with van der Waals surface area (Å²) in [6, 6.07) is 3.65. The number of rotatable bonds is 9. The number of carbonyl (C=O) groups is 1. The molecule has 122 valence electrons. The molecule has 0 saturated heterocycles. The zero-order valence-corrected chi connectivity index (χ0v) is 13.2. The first-order valence-corrected chi connectivity index (χ1v) is 8.38. The van der Waals surface area contributed by atoms with Crippen LogP contribution >= 0.6 is 0 Å². The van der Waals surface area contributed by atoms with E-state index >= 15 is 0 Å². The van der Waals surface area contributed by atoms with Crippen LogP contribution in [0.2, 0.25) is 0 Å². The predicted octanol–water partition coefficient (Wildman–Crippen LogP) is 2.73. The Hall–Kier alpha value is -1.62. The number of aliphatic carboxylic acids is 1. The van der Waals surface area contributed by atoms with Crippen LogP contribution < -0.4 is 11.1 Å². The highest BCUT2D eigenvalue weighted by Gasteiger charge is 2.11. The lowest BCUT2D eigenvalue weighted by molar-refractivity contribution is -0.138. The number of nitrogens with zero attached hydrogens (tertiary/aromatic N) is 1. The molecule has 5 nitrogen and oxygen atoms in total. The molecule has 1 aromatic heterocycles. The second-order valence-electron chi connectivity index (χ2n) is 6.09. The summed E-state index contributed by atoms with van der Waals surface area (Å²) < 4.78 is 0. The van der Waals surface area contributed by atoms with Gasteiger partial charge in [-0.3, -0.25) is 4.79 Å². The highest BCUT2D eigenvalue weighted by atomic mass is 16.4. The topological polar surface area (TPSA) is 88.2 Å². The zero-order chi connectivity index (χ0) is 15.8. The molecule has 0 spiro atoms. The Morgan fingerprint density at radius 2 is 2.05 bits per heavy atom. The van der Waals surface area contributed by atoms with E-state index in [4.69, 9.17) is 15.8 Å². The Balaban J connectivity index is 1.58. The standard InChI is InChI=1S/C17H27N3O2/c18-15(17(21)22)9-5-3-1-2-4-8-14-11-10-13-7-6-12-19-16(13)20-14/h10-11,15H,1-9,12,18H2,(H,19,20)(H,21,22)/t15-/m0/s1. The third-order valence-electron chi connectivity index (χ3n) is 4.22. The highest BCUT2D eigenvalue weighted by Crippen LogP contribution is 2.20. The third-order valence-corrected chi connectivity index (χ3v) is 4.22. The summed E-state index contributed by atoms with van der Waals surface area (Å²) in [6.07, 6.45) is 9.31. The lowest BCUT2D eigenvalue weighted by Crippen LogP contribution is -2.29. The first-order chi connectivity index (χ1) is 10.7. The lowest BCUT2D eigenvalue weighted by atomic mass is 10.0. The highest BCUT2D eigenvalue weighted by molar-refractivity contribution is 5.72. The van der Waals surface area contributed by atoms with Gasteiger partial charge in [0.25, 0.3) is 0 Å². The maximum atomic E-state index is 10.6. The fraction of sp³-hybridized carbons (Fsp3) is 0.647. The number of fused-ring (bicyclic) bond motifs is 1. The molecule has 22 heavy (non-hydrogen) atoms. The Bertz CT molecular complexity index is 491. The van der Waals surface area contributed by atoms with Crippen molar-refractivity contribution in [3.63, 3.8) is 0 Å². The van der Waals surface area contributed by atoms with Crippen molar-refractivity contribution < 1.29 is 9.90 Å². The molecule has 0 radical (unpaired) electrons. The van der Waals surface area contributed by atoms with Gasteiger partial charge < -0.3 is 16.2 Å². The van der Waals surface area contributed by atoms with Crippen molar-refractivity contribution in [2.75, 3.05) is 11.9 Å². The summed E-state index contributed by atoms with van der Waals surface area (Å²) in [5.41, 5.74) is 7.98. The number of carboxylic acid groups (broad SMARTS) is 1. The van der Waals surface area contributed by atoms with Gasteiger partial charge in [-0.2, -0.15) is 0 Å². The van der Waals surface area contributed by atoms with Gasteiger partial charge in [-0.25, -0.2) is 4.98 Å². The van der Waals surface area contributed by atoms with E-state index in [9.17, 15) is 4.79 Å². The maximum Gasteiger partial charge on any atom is 0.320 e. The minimum Gasteiger partial charge on any atom is -0.480 e. The van der Waals surface area contributed by atoms with Gasteiger partial charge in [0.15, 0.2) is 0 Å². The van der Waals surface area contributed by atoms with Crippen LogP contribution in [0.1, 0.15) is 56.2 Å². The van der Waals surface area contributed by atoms with E-state index in [1.54, 1.807) is 0 Å². The van der Waals surface area contributed by atoms with Crippen LogP contribution in [0.25, 0.3) is 0 Å². The molecule has 1 aromatic rings. The lowest BCUT2D eigenvalue weighted by Gasteiger charge is -2.17. The van der Waals surface area contributed by atoms with Crippen molar-refractivity contribution >= 4 is 11.8 Å². The molecule has 0 aromatic carbocycles. The molecule has 0 fully saturated rings. The number of nitrogens with two attached hydrogens (primary N) is 1. The first-order valence-electron chi connectivity index (χ1n) is 8.38. The average molecular weight is 305 g/mol. The number of pyridine rings is 1. The molecule has 5 heteroatoms. The van der Waals surface area contributed by atoms with Crippen LogP contribution in [0.5, 0.6) is 0 Å². The van der Waals surface area contributed by atoms with Crippen LogP contribution in [0.3, 0.4) is 0 Å². The summed E-state index contributed by atoms with van der Waals surface area (Å²) in [6.45, 7) is 1.03. The second-order valence-corrected chi connectivity index (χ2v) is 6.09. The van der Waals surface area contributed by atoms with Crippen molar-refractivity contribution in [1.29, 1.82) is 0 Å². The number of hydrogen-bond donors (Lipinski definition) is 3. The van der Waals surface area contributed by atoms with E-state index < -0.39 is 12.0 Å². The molecule has 0 saturated carbocycles. The van der Waals surface area contributed by atoms with Crippen molar-refractivity contribution in [1.82, 2.24) is 4.98 Å². The Kier molecular flexibility index (Phi) is 6.65. The quantitative estimate of drug-likeness (QED) is 0.611. The number of aryl methyl sites for hydroxylation is 2. The SMILES string of the molecule is N[C@@H](CCCCCCCc1ccc2c(n1)NCCC2)C(=O)O. The van der Waals surface area contributed by atoms with Crippen molar-refractivity contribution in [2.45, 2.75) is 63.8 Å². The Morgan fingerprint density at radius 1 is 1.27 bits per heavy atom. The van der Waals surface area contributed by atoms with E-state index in [1.807, 2.05) is 0 Å². The molecule has 0 amide bonds. The fourth-order valence-electron chi connectivity index (χ4n) is 2.83. The van der Waals surface area contributed by atoms with E-state index in [2.05, 4.69) is 17.4 Å². The fourth-order valence-corrected chi connectivity index (χ4v) is 2.83. The molecule has 1 atom stereocenters. The Labute approximate surface area is 132 Å². The van der Waals surface area contributed by atoms with Crippen LogP contribution in [-0.2, 0) is 17.6 Å². The summed E-state index contributed by atoms with van der Waals surface area (Å²) in [5, 5.41) is 12.1. The molecule has 1 aliphatic heterocycles. The van der Waals surface area contributed by atoms with E-state index in [1.165, 1.54) is 17.7 Å². The third kappa shape index (κ3) is 5.30. The maximum absolute atomic E-state index is 10.6. The molecular weight excluding hydrogens is 278 g/mol. The zero-order valence-electron chi connectivity index (χ0n) is 13.2. The molecule has 2 heterocycles. The normalized spacial score (nSPS) is 15.0. The van der Waals surface area contributed by atoms with Crippen LogP contribution in [0.15, 0.2) is 12.1 Å². The average Bonchev–Trinajstić information content (AvgIpc) is 2.53. The molecule has 0 unspecified atom stereocenters.